The number of aliphatic imine (C=N–C) groups is 1. The number of hydrogen-bond donors (Lipinski definition) is 2. The number of nitrogens with one attached hydrogen (secondary N) is 2. The number of fused-ring (bicyclic) bond motifs is 1. The van der Waals surface area contributed by atoms with Crippen molar-refractivity contribution in [3.8, 4) is 0 Å². The summed E-state index contributed by atoms with van der Waals surface area (Å²) < 4.78 is 2.05. The highest BCUT2D eigenvalue weighted by Gasteiger charge is 2.11. The predicted molar refractivity (Wildman–Crippen MR) is 106 cm³/mol. The minimum atomic E-state index is 0. The van der Waals surface area contributed by atoms with Crippen LogP contribution in [0.4, 0.5) is 0 Å². The number of nitrogens with zero attached hydrogens (tertiary/aromatic N) is 3. The van der Waals surface area contributed by atoms with Crippen molar-refractivity contribution >= 4 is 35.6 Å². The fourth-order valence-corrected chi connectivity index (χ4v) is 2.64. The van der Waals surface area contributed by atoms with Crippen molar-refractivity contribution in [3.63, 3.8) is 0 Å². The second-order valence-electron chi connectivity index (χ2n) is 5.49. The molecule has 0 saturated heterocycles. The summed E-state index contributed by atoms with van der Waals surface area (Å²) in [6.45, 7) is 3.70. The van der Waals surface area contributed by atoms with E-state index in [9.17, 15) is 0 Å². The Morgan fingerprint density at radius 1 is 1.35 bits per heavy atom. The van der Waals surface area contributed by atoms with Gasteiger partial charge in [-0.25, -0.2) is 4.98 Å². The number of halogens is 1. The van der Waals surface area contributed by atoms with E-state index < -0.39 is 0 Å². The molecule has 2 heterocycles. The summed E-state index contributed by atoms with van der Waals surface area (Å²) in [5, 5.41) is 6.79. The number of guanidine groups is 1. The van der Waals surface area contributed by atoms with Gasteiger partial charge in [0.15, 0.2) is 5.96 Å². The van der Waals surface area contributed by atoms with Crippen LogP contribution in [0.2, 0.25) is 0 Å². The van der Waals surface area contributed by atoms with Crippen LogP contribution in [0.3, 0.4) is 0 Å². The standard InChI is InChI=1S/C17H23N5.HI/c1-2-18-17(21-14-7-3-4-8-14)19-11-10-15-13-22-12-6-5-9-16(22)20-15;/h3-6,9,12-14H,2,7-8,10-11H2,1H3,(H2,18,19,21);1H. The molecular weight excluding hydrogens is 401 g/mol. The molecule has 6 heteroatoms. The van der Waals surface area contributed by atoms with Gasteiger partial charge in [-0.2, -0.15) is 0 Å². The zero-order valence-electron chi connectivity index (χ0n) is 13.4. The molecular formula is C17H24IN5. The summed E-state index contributed by atoms with van der Waals surface area (Å²) in [6, 6.07) is 6.52. The van der Waals surface area contributed by atoms with E-state index in [0.717, 1.165) is 49.7 Å². The first-order chi connectivity index (χ1) is 10.8. The van der Waals surface area contributed by atoms with Crippen LogP contribution < -0.4 is 10.6 Å². The first-order valence-corrected chi connectivity index (χ1v) is 7.97. The van der Waals surface area contributed by atoms with Crippen molar-refractivity contribution in [2.45, 2.75) is 32.2 Å². The zero-order valence-corrected chi connectivity index (χ0v) is 15.7. The molecule has 3 rings (SSSR count). The SMILES string of the molecule is CCNC(=NCCc1cn2ccccc2n1)NC1CC=CC1.I. The summed E-state index contributed by atoms with van der Waals surface area (Å²) in [5.41, 5.74) is 2.07. The number of imidazole rings is 1. The van der Waals surface area contributed by atoms with Crippen LogP contribution in [0.1, 0.15) is 25.5 Å². The smallest absolute Gasteiger partial charge is 0.191 e. The Balaban J connectivity index is 0.00000192. The van der Waals surface area contributed by atoms with Gasteiger partial charge in [0.25, 0.3) is 0 Å². The molecule has 2 aromatic rings. The number of rotatable bonds is 5. The number of hydrogen-bond acceptors (Lipinski definition) is 2. The lowest BCUT2D eigenvalue weighted by Gasteiger charge is -2.16. The van der Waals surface area contributed by atoms with Gasteiger partial charge in [0.05, 0.1) is 5.69 Å². The van der Waals surface area contributed by atoms with Crippen molar-refractivity contribution in [1.29, 1.82) is 0 Å². The minimum Gasteiger partial charge on any atom is -0.357 e. The third kappa shape index (κ3) is 4.95. The first kappa shape index (κ1) is 17.8. The van der Waals surface area contributed by atoms with E-state index in [4.69, 9.17) is 0 Å². The predicted octanol–water partition coefficient (Wildman–Crippen LogP) is 2.77. The highest BCUT2D eigenvalue weighted by molar-refractivity contribution is 14.0. The van der Waals surface area contributed by atoms with Crippen LogP contribution in [0.15, 0.2) is 47.7 Å². The lowest BCUT2D eigenvalue weighted by molar-refractivity contribution is 0.633. The molecule has 0 bridgehead atoms. The van der Waals surface area contributed by atoms with Crippen LogP contribution in [-0.2, 0) is 6.42 Å². The normalized spacial score (nSPS) is 14.9. The van der Waals surface area contributed by atoms with Crippen molar-refractivity contribution in [1.82, 2.24) is 20.0 Å². The van der Waals surface area contributed by atoms with E-state index in [1.54, 1.807) is 0 Å². The summed E-state index contributed by atoms with van der Waals surface area (Å²) in [6.07, 6.45) is 11.5. The van der Waals surface area contributed by atoms with E-state index in [2.05, 4.69) is 45.9 Å². The third-order valence-electron chi connectivity index (χ3n) is 3.74. The van der Waals surface area contributed by atoms with Gasteiger partial charge in [-0.3, -0.25) is 4.99 Å². The molecule has 0 fully saturated rings. The Morgan fingerprint density at radius 2 is 2.17 bits per heavy atom. The molecule has 0 aliphatic heterocycles. The molecule has 2 aromatic heterocycles. The largest absolute Gasteiger partial charge is 0.357 e. The highest BCUT2D eigenvalue weighted by atomic mass is 127. The average Bonchev–Trinajstić information content (AvgIpc) is 3.16. The van der Waals surface area contributed by atoms with Gasteiger partial charge in [0.1, 0.15) is 5.65 Å². The second-order valence-corrected chi connectivity index (χ2v) is 5.49. The molecule has 23 heavy (non-hydrogen) atoms. The highest BCUT2D eigenvalue weighted by Crippen LogP contribution is 2.09. The van der Waals surface area contributed by atoms with Crippen LogP contribution >= 0.6 is 24.0 Å². The van der Waals surface area contributed by atoms with Gasteiger partial charge in [-0.15, -0.1) is 24.0 Å². The topological polar surface area (TPSA) is 53.7 Å². The molecule has 0 unspecified atom stereocenters. The summed E-state index contributed by atoms with van der Waals surface area (Å²) in [7, 11) is 0. The van der Waals surface area contributed by atoms with Crippen molar-refractivity contribution in [3.05, 3.63) is 48.4 Å². The van der Waals surface area contributed by atoms with E-state index in [1.165, 1.54) is 0 Å². The van der Waals surface area contributed by atoms with Crippen LogP contribution in [0.25, 0.3) is 5.65 Å². The molecule has 1 aliphatic rings. The van der Waals surface area contributed by atoms with Crippen LogP contribution in [-0.4, -0.2) is 34.5 Å². The van der Waals surface area contributed by atoms with Gasteiger partial charge < -0.3 is 15.0 Å². The van der Waals surface area contributed by atoms with Crippen LogP contribution in [0.5, 0.6) is 0 Å². The van der Waals surface area contributed by atoms with Gasteiger partial charge in [0.2, 0.25) is 0 Å². The number of pyridine rings is 1. The van der Waals surface area contributed by atoms with Gasteiger partial charge in [-0.1, -0.05) is 18.2 Å². The minimum absolute atomic E-state index is 0. The Labute approximate surface area is 154 Å². The maximum Gasteiger partial charge on any atom is 0.191 e. The van der Waals surface area contributed by atoms with Crippen molar-refractivity contribution in [2.24, 2.45) is 4.99 Å². The van der Waals surface area contributed by atoms with Crippen molar-refractivity contribution in [2.75, 3.05) is 13.1 Å². The summed E-state index contributed by atoms with van der Waals surface area (Å²) >= 11 is 0. The number of aromatic nitrogens is 2. The molecule has 0 radical (unpaired) electrons. The maximum absolute atomic E-state index is 4.66. The Morgan fingerprint density at radius 3 is 2.91 bits per heavy atom. The van der Waals surface area contributed by atoms with E-state index in [-0.39, 0.29) is 24.0 Å². The van der Waals surface area contributed by atoms with E-state index >= 15 is 0 Å². The van der Waals surface area contributed by atoms with Crippen molar-refractivity contribution < 1.29 is 0 Å². The molecule has 5 nitrogen and oxygen atoms in total. The van der Waals surface area contributed by atoms with Crippen LogP contribution in [0, 0.1) is 0 Å². The molecule has 0 amide bonds. The zero-order chi connectivity index (χ0) is 15.2. The lowest BCUT2D eigenvalue weighted by Crippen LogP contribution is -2.42. The molecule has 2 N–H and O–H groups in total. The Hall–Kier alpha value is -1.57. The fourth-order valence-electron chi connectivity index (χ4n) is 2.64. The Kier molecular flexibility index (Phi) is 6.88. The Bertz CT molecular complexity index is 635. The quantitative estimate of drug-likeness (QED) is 0.335. The molecule has 0 spiro atoms. The third-order valence-corrected chi connectivity index (χ3v) is 3.74. The van der Waals surface area contributed by atoms with Gasteiger partial charge in [0, 0.05) is 37.9 Å². The molecule has 124 valence electrons. The maximum atomic E-state index is 4.66. The van der Waals surface area contributed by atoms with E-state index in [0.29, 0.717) is 6.04 Å². The summed E-state index contributed by atoms with van der Waals surface area (Å²) in [4.78, 5) is 9.26. The fraction of sp³-hybridized carbons (Fsp3) is 0.412. The first-order valence-electron chi connectivity index (χ1n) is 7.97. The van der Waals surface area contributed by atoms with E-state index in [1.807, 2.05) is 28.8 Å². The van der Waals surface area contributed by atoms with Gasteiger partial charge in [-0.05, 0) is 31.9 Å². The lowest BCUT2D eigenvalue weighted by atomic mass is 10.2. The molecule has 0 aromatic carbocycles. The summed E-state index contributed by atoms with van der Waals surface area (Å²) in [5.74, 6) is 0.903. The monoisotopic (exact) mass is 425 g/mol. The molecule has 1 aliphatic carbocycles. The van der Waals surface area contributed by atoms with Gasteiger partial charge >= 0.3 is 0 Å². The molecule has 0 atom stereocenters. The second kappa shape index (κ2) is 8.90. The molecule has 0 saturated carbocycles. The average molecular weight is 425 g/mol.